The largest absolute Gasteiger partial charge is 0.495 e. The number of ether oxygens (including phenoxy) is 1. The van der Waals surface area contributed by atoms with Crippen LogP contribution >= 0.6 is 11.6 Å². The second-order valence-electron chi connectivity index (χ2n) is 6.67. The lowest BCUT2D eigenvalue weighted by molar-refractivity contribution is -0.125. The molecule has 0 aromatic heterocycles. The third-order valence-corrected chi connectivity index (χ3v) is 4.96. The molecule has 0 bridgehead atoms. The van der Waals surface area contributed by atoms with Crippen LogP contribution in [0.4, 0.5) is 5.69 Å². The first kappa shape index (κ1) is 19.2. The Balaban J connectivity index is 1.39. The Labute approximate surface area is 164 Å². The number of methoxy groups -OCH3 is 1. The van der Waals surface area contributed by atoms with Crippen LogP contribution in [0.15, 0.2) is 48.5 Å². The van der Waals surface area contributed by atoms with Crippen molar-refractivity contribution in [2.45, 2.75) is 19.3 Å². The van der Waals surface area contributed by atoms with Crippen molar-refractivity contribution >= 4 is 29.1 Å². The van der Waals surface area contributed by atoms with Crippen molar-refractivity contribution in [2.24, 2.45) is 11.8 Å². The van der Waals surface area contributed by atoms with E-state index in [1.807, 2.05) is 18.2 Å². The first-order valence-electron chi connectivity index (χ1n) is 9.04. The van der Waals surface area contributed by atoms with Gasteiger partial charge in [-0.2, -0.15) is 0 Å². The summed E-state index contributed by atoms with van der Waals surface area (Å²) in [6, 6.07) is 15.2. The molecule has 1 aliphatic rings. The lowest BCUT2D eigenvalue weighted by atomic mass is 10.1. The van der Waals surface area contributed by atoms with E-state index in [2.05, 4.69) is 22.8 Å². The van der Waals surface area contributed by atoms with Crippen molar-refractivity contribution < 1.29 is 14.3 Å². The van der Waals surface area contributed by atoms with Crippen molar-refractivity contribution in [1.29, 1.82) is 0 Å². The van der Waals surface area contributed by atoms with E-state index in [0.717, 1.165) is 12.8 Å². The summed E-state index contributed by atoms with van der Waals surface area (Å²) < 4.78 is 5.09. The van der Waals surface area contributed by atoms with E-state index in [4.69, 9.17) is 16.3 Å². The number of nitrogens with one attached hydrogen (secondary N) is 2. The number of benzene rings is 2. The van der Waals surface area contributed by atoms with Gasteiger partial charge in [-0.3, -0.25) is 9.59 Å². The Hall–Kier alpha value is -2.53. The zero-order valence-corrected chi connectivity index (χ0v) is 16.0. The second-order valence-corrected chi connectivity index (χ2v) is 7.07. The van der Waals surface area contributed by atoms with Crippen LogP contribution in [0.3, 0.4) is 0 Å². The van der Waals surface area contributed by atoms with Gasteiger partial charge in [0.1, 0.15) is 5.75 Å². The summed E-state index contributed by atoms with van der Waals surface area (Å²) >= 11 is 6.06. The molecule has 1 aliphatic carbocycles. The molecule has 0 radical (unpaired) electrons. The van der Waals surface area contributed by atoms with Crippen LogP contribution in [0, 0.1) is 11.8 Å². The molecule has 3 rings (SSSR count). The molecule has 2 aromatic carbocycles. The number of amides is 2. The van der Waals surface area contributed by atoms with E-state index in [1.54, 1.807) is 18.2 Å². The Bertz CT molecular complexity index is 810. The quantitative estimate of drug-likeness (QED) is 0.680. The second kappa shape index (κ2) is 8.91. The summed E-state index contributed by atoms with van der Waals surface area (Å²) in [6.07, 6.45) is 2.39. The molecule has 2 unspecified atom stereocenters. The molecule has 0 spiro atoms. The highest BCUT2D eigenvalue weighted by Crippen LogP contribution is 2.39. The molecule has 0 heterocycles. The summed E-state index contributed by atoms with van der Waals surface area (Å²) in [7, 11) is 1.53. The van der Waals surface area contributed by atoms with E-state index in [9.17, 15) is 9.59 Å². The maximum Gasteiger partial charge on any atom is 0.228 e. The van der Waals surface area contributed by atoms with Crippen molar-refractivity contribution in [2.75, 3.05) is 19.0 Å². The molecule has 142 valence electrons. The maximum atomic E-state index is 12.3. The number of anilines is 1. The van der Waals surface area contributed by atoms with Crippen LogP contribution in [0.2, 0.25) is 5.02 Å². The fourth-order valence-electron chi connectivity index (χ4n) is 3.03. The van der Waals surface area contributed by atoms with Gasteiger partial charge in [0, 0.05) is 12.2 Å². The predicted molar refractivity (Wildman–Crippen MR) is 106 cm³/mol. The van der Waals surface area contributed by atoms with Crippen LogP contribution in [0.1, 0.15) is 18.4 Å². The SMILES string of the molecule is COc1ccc(NC(=O)C2CC2C(=O)NCCCc2ccccc2)cc1Cl. The third-order valence-electron chi connectivity index (χ3n) is 4.67. The number of hydrogen-bond acceptors (Lipinski definition) is 3. The predicted octanol–water partition coefficient (Wildman–Crippen LogP) is 3.67. The fourth-order valence-corrected chi connectivity index (χ4v) is 3.29. The molecule has 0 aliphatic heterocycles. The molecule has 5 nitrogen and oxygen atoms in total. The van der Waals surface area contributed by atoms with Crippen LogP contribution in [0.5, 0.6) is 5.75 Å². The highest BCUT2D eigenvalue weighted by atomic mass is 35.5. The van der Waals surface area contributed by atoms with E-state index in [1.165, 1.54) is 12.7 Å². The fraction of sp³-hybridized carbons (Fsp3) is 0.333. The molecular formula is C21H23ClN2O3. The monoisotopic (exact) mass is 386 g/mol. The molecule has 2 atom stereocenters. The molecule has 1 saturated carbocycles. The minimum atomic E-state index is -0.278. The van der Waals surface area contributed by atoms with Gasteiger partial charge in [-0.05, 0) is 43.0 Å². The third kappa shape index (κ3) is 5.23. The van der Waals surface area contributed by atoms with Crippen molar-refractivity contribution in [1.82, 2.24) is 5.32 Å². The smallest absolute Gasteiger partial charge is 0.228 e. The lowest BCUT2D eigenvalue weighted by Crippen LogP contribution is -2.28. The first-order chi connectivity index (χ1) is 13.1. The number of aryl methyl sites for hydroxylation is 1. The number of rotatable bonds is 8. The summed E-state index contributed by atoms with van der Waals surface area (Å²) in [6.45, 7) is 0.618. The summed E-state index contributed by atoms with van der Waals surface area (Å²) in [5.41, 5.74) is 1.85. The van der Waals surface area contributed by atoms with Gasteiger partial charge in [-0.15, -0.1) is 0 Å². The lowest BCUT2D eigenvalue weighted by Gasteiger charge is -2.08. The van der Waals surface area contributed by atoms with Gasteiger partial charge in [-0.25, -0.2) is 0 Å². The normalized spacial score (nSPS) is 17.9. The summed E-state index contributed by atoms with van der Waals surface area (Å²) in [4.78, 5) is 24.5. The molecular weight excluding hydrogens is 364 g/mol. The topological polar surface area (TPSA) is 67.4 Å². The minimum absolute atomic E-state index is 0.0454. The summed E-state index contributed by atoms with van der Waals surface area (Å²) in [5, 5.41) is 6.17. The molecule has 1 fully saturated rings. The van der Waals surface area contributed by atoms with Crippen molar-refractivity contribution in [3.05, 3.63) is 59.1 Å². The Kier molecular flexibility index (Phi) is 6.35. The van der Waals surface area contributed by atoms with Gasteiger partial charge in [0.25, 0.3) is 0 Å². The minimum Gasteiger partial charge on any atom is -0.495 e. The number of carbonyl (C=O) groups is 2. The standard InChI is InChI=1S/C21H23ClN2O3/c1-27-19-10-9-15(12-18(19)22)24-21(26)17-13-16(17)20(25)23-11-5-8-14-6-3-2-4-7-14/h2-4,6-7,9-10,12,16-17H,5,8,11,13H2,1H3,(H,23,25)(H,24,26). The molecule has 6 heteroatoms. The zero-order chi connectivity index (χ0) is 19.2. The average Bonchev–Trinajstić information content (AvgIpc) is 3.47. The van der Waals surface area contributed by atoms with E-state index >= 15 is 0 Å². The van der Waals surface area contributed by atoms with Crippen LogP contribution in [-0.4, -0.2) is 25.5 Å². The molecule has 2 N–H and O–H groups in total. The molecule has 27 heavy (non-hydrogen) atoms. The Morgan fingerprint density at radius 2 is 1.85 bits per heavy atom. The number of hydrogen-bond donors (Lipinski definition) is 2. The van der Waals surface area contributed by atoms with Crippen molar-refractivity contribution in [3.8, 4) is 5.75 Å². The van der Waals surface area contributed by atoms with Gasteiger partial charge < -0.3 is 15.4 Å². The highest BCUT2D eigenvalue weighted by Gasteiger charge is 2.47. The van der Waals surface area contributed by atoms with Gasteiger partial charge in [0.15, 0.2) is 0 Å². The van der Waals surface area contributed by atoms with E-state index in [-0.39, 0.29) is 23.7 Å². The van der Waals surface area contributed by atoms with Gasteiger partial charge in [0.2, 0.25) is 11.8 Å². The molecule has 0 saturated heterocycles. The average molecular weight is 387 g/mol. The van der Waals surface area contributed by atoms with Gasteiger partial charge in [-0.1, -0.05) is 41.9 Å². The first-order valence-corrected chi connectivity index (χ1v) is 9.42. The van der Waals surface area contributed by atoms with Gasteiger partial charge in [0.05, 0.1) is 24.0 Å². The van der Waals surface area contributed by atoms with Crippen molar-refractivity contribution in [3.63, 3.8) is 0 Å². The van der Waals surface area contributed by atoms with Gasteiger partial charge >= 0.3 is 0 Å². The Morgan fingerprint density at radius 3 is 2.56 bits per heavy atom. The zero-order valence-electron chi connectivity index (χ0n) is 15.2. The summed E-state index contributed by atoms with van der Waals surface area (Å²) in [5.74, 6) is -0.166. The van der Waals surface area contributed by atoms with Crippen LogP contribution < -0.4 is 15.4 Å². The molecule has 2 aromatic rings. The van der Waals surface area contributed by atoms with E-state index < -0.39 is 0 Å². The number of halogens is 1. The number of carbonyl (C=O) groups excluding carboxylic acids is 2. The van der Waals surface area contributed by atoms with Crippen LogP contribution in [-0.2, 0) is 16.0 Å². The highest BCUT2D eigenvalue weighted by molar-refractivity contribution is 6.32. The molecule has 2 amide bonds. The van der Waals surface area contributed by atoms with E-state index in [0.29, 0.717) is 29.4 Å². The maximum absolute atomic E-state index is 12.3. The van der Waals surface area contributed by atoms with Crippen LogP contribution in [0.25, 0.3) is 0 Å². The Morgan fingerprint density at radius 1 is 1.11 bits per heavy atom.